The summed E-state index contributed by atoms with van der Waals surface area (Å²) in [4.78, 5) is 29.5. The molecule has 0 aromatic heterocycles. The Labute approximate surface area is 275 Å². The summed E-state index contributed by atoms with van der Waals surface area (Å²) in [6, 6.07) is 31.6. The minimum Gasteiger partial charge on any atom is -0.497 e. The summed E-state index contributed by atoms with van der Waals surface area (Å²) in [7, 11) is -2.09. The molecular weight excluding hydrogens is 618 g/mol. The number of nitrogens with zero attached hydrogens (tertiary/aromatic N) is 2. The molecule has 4 aromatic rings. The number of benzene rings is 4. The minimum atomic E-state index is -3.67. The van der Waals surface area contributed by atoms with Crippen LogP contribution in [0.1, 0.15) is 16.7 Å². The zero-order valence-corrected chi connectivity index (χ0v) is 27.1. The number of carbonyl (C=O) groups is 2. The highest BCUT2D eigenvalue weighted by Crippen LogP contribution is 2.22. The summed E-state index contributed by atoms with van der Waals surface area (Å²) in [5.41, 5.74) is 2.65. The molecule has 47 heavy (non-hydrogen) atoms. The zero-order valence-electron chi connectivity index (χ0n) is 26.3. The van der Waals surface area contributed by atoms with Crippen LogP contribution in [-0.2, 0) is 43.9 Å². The van der Waals surface area contributed by atoms with E-state index in [4.69, 9.17) is 14.2 Å². The Balaban J connectivity index is 1.36. The smallest absolute Gasteiger partial charge is 0.261 e. The van der Waals surface area contributed by atoms with E-state index in [2.05, 4.69) is 5.32 Å². The first-order valence-electron chi connectivity index (χ1n) is 15.4. The van der Waals surface area contributed by atoms with Gasteiger partial charge in [-0.1, -0.05) is 72.8 Å². The number of nitrogens with one attached hydrogen (secondary N) is 1. The topological polar surface area (TPSA) is 114 Å². The van der Waals surface area contributed by atoms with Gasteiger partial charge in [-0.3, -0.25) is 9.59 Å². The maximum absolute atomic E-state index is 14.0. The van der Waals surface area contributed by atoms with Crippen molar-refractivity contribution >= 4 is 21.8 Å². The van der Waals surface area contributed by atoms with Crippen LogP contribution in [0.5, 0.6) is 11.5 Å². The fourth-order valence-corrected chi connectivity index (χ4v) is 6.66. The highest BCUT2D eigenvalue weighted by atomic mass is 32.2. The molecule has 4 aromatic carbocycles. The molecule has 2 amide bonds. The van der Waals surface area contributed by atoms with Crippen molar-refractivity contribution in [2.45, 2.75) is 30.4 Å². The first-order chi connectivity index (χ1) is 22.8. The van der Waals surface area contributed by atoms with E-state index in [1.165, 1.54) is 33.5 Å². The van der Waals surface area contributed by atoms with Gasteiger partial charge in [0.15, 0.2) is 6.61 Å². The van der Waals surface area contributed by atoms with E-state index in [1.807, 2.05) is 84.9 Å². The lowest BCUT2D eigenvalue weighted by molar-refractivity contribution is -0.142. The fraction of sp³-hybridized carbons (Fsp3) is 0.278. The second-order valence-corrected chi connectivity index (χ2v) is 13.0. The third-order valence-corrected chi connectivity index (χ3v) is 9.80. The van der Waals surface area contributed by atoms with E-state index in [0.29, 0.717) is 44.3 Å². The predicted molar refractivity (Wildman–Crippen MR) is 177 cm³/mol. The summed E-state index contributed by atoms with van der Waals surface area (Å²) < 4.78 is 43.9. The van der Waals surface area contributed by atoms with E-state index < -0.39 is 22.0 Å². The van der Waals surface area contributed by atoms with E-state index in [-0.39, 0.29) is 30.4 Å². The molecule has 0 bridgehead atoms. The van der Waals surface area contributed by atoms with Gasteiger partial charge in [-0.2, -0.15) is 4.31 Å². The zero-order chi connectivity index (χ0) is 33.1. The van der Waals surface area contributed by atoms with Crippen LogP contribution in [0.4, 0.5) is 0 Å². The van der Waals surface area contributed by atoms with Crippen LogP contribution in [0, 0.1) is 0 Å². The largest absolute Gasteiger partial charge is 0.497 e. The molecule has 1 aliphatic rings. The van der Waals surface area contributed by atoms with E-state index in [0.717, 1.165) is 16.7 Å². The van der Waals surface area contributed by atoms with Gasteiger partial charge >= 0.3 is 0 Å². The van der Waals surface area contributed by atoms with Crippen molar-refractivity contribution < 1.29 is 32.2 Å². The first-order valence-corrected chi connectivity index (χ1v) is 16.9. The number of morpholine rings is 1. The van der Waals surface area contributed by atoms with Crippen molar-refractivity contribution in [1.82, 2.24) is 14.5 Å². The average molecular weight is 658 g/mol. The molecule has 1 aliphatic heterocycles. The van der Waals surface area contributed by atoms with Crippen LogP contribution < -0.4 is 14.8 Å². The molecule has 1 N–H and O–H groups in total. The van der Waals surface area contributed by atoms with E-state index in [1.54, 1.807) is 7.11 Å². The Morgan fingerprint density at radius 3 is 2.02 bits per heavy atom. The van der Waals surface area contributed by atoms with Crippen molar-refractivity contribution in [3.63, 3.8) is 0 Å². The van der Waals surface area contributed by atoms with Gasteiger partial charge in [0, 0.05) is 32.6 Å². The third-order valence-electron chi connectivity index (χ3n) is 7.89. The monoisotopic (exact) mass is 657 g/mol. The SMILES string of the molecule is COc1ccc(CN(C(=O)COc2ccc(S(=O)(=O)N3CCOCC3)cc2)C(Cc2ccccc2)C(=O)NCc2ccccc2)cc1. The number of rotatable bonds is 14. The number of hydrogen-bond acceptors (Lipinski definition) is 7. The van der Waals surface area contributed by atoms with Crippen LogP contribution in [-0.4, -0.2) is 75.5 Å². The molecule has 0 radical (unpaired) electrons. The Morgan fingerprint density at radius 2 is 1.40 bits per heavy atom. The van der Waals surface area contributed by atoms with Gasteiger partial charge in [0.1, 0.15) is 17.5 Å². The van der Waals surface area contributed by atoms with Crippen LogP contribution in [0.2, 0.25) is 0 Å². The lowest BCUT2D eigenvalue weighted by atomic mass is 10.0. The molecule has 1 saturated heterocycles. The van der Waals surface area contributed by atoms with Gasteiger partial charge in [-0.05, 0) is 53.1 Å². The lowest BCUT2D eigenvalue weighted by Gasteiger charge is -2.31. The lowest BCUT2D eigenvalue weighted by Crippen LogP contribution is -2.51. The molecule has 1 atom stereocenters. The van der Waals surface area contributed by atoms with Gasteiger partial charge in [-0.15, -0.1) is 0 Å². The molecule has 1 fully saturated rings. The molecule has 0 saturated carbocycles. The second-order valence-electron chi connectivity index (χ2n) is 11.1. The second kappa shape index (κ2) is 16.2. The Kier molecular flexibility index (Phi) is 11.6. The Hall–Kier alpha value is -4.71. The van der Waals surface area contributed by atoms with Gasteiger partial charge in [0.05, 0.1) is 25.2 Å². The van der Waals surface area contributed by atoms with E-state index in [9.17, 15) is 18.0 Å². The molecule has 10 nitrogen and oxygen atoms in total. The Morgan fingerprint density at radius 1 is 0.809 bits per heavy atom. The normalized spacial score (nSPS) is 14.1. The number of hydrogen-bond donors (Lipinski definition) is 1. The van der Waals surface area contributed by atoms with Gasteiger partial charge in [-0.25, -0.2) is 8.42 Å². The molecule has 1 heterocycles. The third kappa shape index (κ3) is 9.19. The Bertz CT molecular complexity index is 1700. The molecule has 5 rings (SSSR count). The molecule has 246 valence electrons. The number of ether oxygens (including phenoxy) is 3. The maximum atomic E-state index is 14.0. The molecule has 1 unspecified atom stereocenters. The summed E-state index contributed by atoms with van der Waals surface area (Å²) in [6.07, 6.45) is 0.289. The molecular formula is C36H39N3O7S. The van der Waals surface area contributed by atoms with Crippen molar-refractivity contribution in [2.24, 2.45) is 0 Å². The number of sulfonamides is 1. The first kappa shape index (κ1) is 33.6. The maximum Gasteiger partial charge on any atom is 0.261 e. The predicted octanol–water partition coefficient (Wildman–Crippen LogP) is 4.05. The highest BCUT2D eigenvalue weighted by molar-refractivity contribution is 7.89. The van der Waals surface area contributed by atoms with Gasteiger partial charge < -0.3 is 24.4 Å². The van der Waals surface area contributed by atoms with Crippen molar-refractivity contribution in [3.8, 4) is 11.5 Å². The molecule has 0 spiro atoms. The summed E-state index contributed by atoms with van der Waals surface area (Å²) >= 11 is 0. The summed E-state index contributed by atoms with van der Waals surface area (Å²) in [5, 5.41) is 3.02. The van der Waals surface area contributed by atoms with E-state index >= 15 is 0 Å². The van der Waals surface area contributed by atoms with Crippen LogP contribution in [0.3, 0.4) is 0 Å². The summed E-state index contributed by atoms with van der Waals surface area (Å²) in [5.74, 6) is 0.311. The van der Waals surface area contributed by atoms with Crippen molar-refractivity contribution in [3.05, 3.63) is 126 Å². The minimum absolute atomic E-state index is 0.136. The molecule has 11 heteroatoms. The molecule has 0 aliphatic carbocycles. The number of amides is 2. The quantitative estimate of drug-likeness (QED) is 0.218. The number of methoxy groups -OCH3 is 1. The standard InChI is InChI=1S/C36H39N3O7S/c1-44-31-14-12-30(13-15-31)26-39(34(24-28-8-4-2-5-9-28)36(41)37-25-29-10-6-3-7-11-29)35(40)27-46-32-16-18-33(19-17-32)47(42,43)38-20-22-45-23-21-38/h2-19,34H,20-27H2,1H3,(H,37,41). The fourth-order valence-electron chi connectivity index (χ4n) is 5.26. The van der Waals surface area contributed by atoms with Gasteiger partial charge in [0.25, 0.3) is 5.91 Å². The van der Waals surface area contributed by atoms with Crippen LogP contribution >= 0.6 is 0 Å². The average Bonchev–Trinajstić information content (AvgIpc) is 3.12. The van der Waals surface area contributed by atoms with Gasteiger partial charge in [0.2, 0.25) is 15.9 Å². The van der Waals surface area contributed by atoms with Crippen molar-refractivity contribution in [2.75, 3.05) is 40.0 Å². The summed E-state index contributed by atoms with van der Waals surface area (Å²) in [6.45, 7) is 1.40. The highest BCUT2D eigenvalue weighted by Gasteiger charge is 2.31. The van der Waals surface area contributed by atoms with Crippen LogP contribution in [0.25, 0.3) is 0 Å². The van der Waals surface area contributed by atoms with Crippen molar-refractivity contribution in [1.29, 1.82) is 0 Å². The van der Waals surface area contributed by atoms with Crippen LogP contribution in [0.15, 0.2) is 114 Å². The number of carbonyl (C=O) groups excluding carboxylic acids is 2.